The molecule has 0 saturated carbocycles. The average molecular weight is 326 g/mol. The molecule has 1 aromatic rings. The van der Waals surface area contributed by atoms with Gasteiger partial charge in [-0.05, 0) is 30.0 Å². The van der Waals surface area contributed by atoms with Gasteiger partial charge in [-0.3, -0.25) is 0 Å². The third-order valence-corrected chi connectivity index (χ3v) is 4.91. The third kappa shape index (κ3) is 4.95. The molecule has 0 amide bonds. The van der Waals surface area contributed by atoms with E-state index in [1.165, 1.54) is 5.56 Å². The molecule has 0 aromatic heterocycles. The fourth-order valence-corrected chi connectivity index (χ4v) is 4.27. The van der Waals surface area contributed by atoms with E-state index in [-0.39, 0.29) is 19.5 Å². The van der Waals surface area contributed by atoms with Crippen molar-refractivity contribution in [1.82, 2.24) is 0 Å². The van der Waals surface area contributed by atoms with Crippen molar-refractivity contribution in [2.75, 3.05) is 0 Å². The second-order valence-corrected chi connectivity index (χ2v) is 8.78. The first-order valence-corrected chi connectivity index (χ1v) is 8.86. The van der Waals surface area contributed by atoms with Crippen LogP contribution in [0, 0.1) is 0 Å². The van der Waals surface area contributed by atoms with E-state index in [0.29, 0.717) is 0 Å². The third-order valence-electron chi connectivity index (χ3n) is 2.17. The van der Waals surface area contributed by atoms with E-state index in [9.17, 15) is 9.79 Å². The minimum Gasteiger partial charge on any atom is -0.824 e. The van der Waals surface area contributed by atoms with Crippen molar-refractivity contribution in [3.05, 3.63) is 29.3 Å². The van der Waals surface area contributed by atoms with Crippen LogP contribution in [0.1, 0.15) is 25.0 Å². The summed E-state index contributed by atoms with van der Waals surface area (Å²) in [6, 6.07) is 5.73. The number of aryl methyl sites for hydroxylation is 1. The van der Waals surface area contributed by atoms with Gasteiger partial charge in [-0.25, -0.2) is 0 Å². The van der Waals surface area contributed by atoms with Crippen molar-refractivity contribution >= 4 is 28.9 Å². The van der Waals surface area contributed by atoms with E-state index in [1.807, 2.05) is 25.1 Å². The summed E-state index contributed by atoms with van der Waals surface area (Å²) < 4.78 is 0. The summed E-state index contributed by atoms with van der Waals surface area (Å²) in [7, 11) is 0. The molecule has 0 spiro atoms. The van der Waals surface area contributed by atoms with Gasteiger partial charge in [0.25, 0.3) is 0 Å². The molecule has 0 atom stereocenters. The van der Waals surface area contributed by atoms with Crippen molar-refractivity contribution in [2.24, 2.45) is 0 Å². The maximum absolute atomic E-state index is 11.1. The molecular weight excluding hydrogens is 313 g/mol. The van der Waals surface area contributed by atoms with E-state index in [2.05, 4.69) is 18.7 Å². The Kier molecular flexibility index (Phi) is 7.60. The summed E-state index contributed by atoms with van der Waals surface area (Å²) in [6.07, 6.45) is 1.75. The number of hydrogen-bond donors (Lipinski definition) is 0. The zero-order valence-corrected chi connectivity index (χ0v) is 14.9. The molecular formula is C10H13O2PS2Zn. The molecule has 1 rings (SSSR count). The van der Waals surface area contributed by atoms with Crippen LogP contribution in [0.15, 0.2) is 23.1 Å². The molecule has 0 radical (unpaired) electrons. The maximum atomic E-state index is 11.1. The molecule has 84 valence electrons. The molecule has 0 saturated heterocycles. The molecule has 0 bridgehead atoms. The topological polar surface area (TPSA) is 46.1 Å². The van der Waals surface area contributed by atoms with E-state index in [4.69, 9.17) is 0 Å². The molecule has 6 heteroatoms. The minimum absolute atomic E-state index is 0. The van der Waals surface area contributed by atoms with Crippen molar-refractivity contribution in [2.45, 2.75) is 31.6 Å². The van der Waals surface area contributed by atoms with Crippen molar-refractivity contribution in [1.29, 1.82) is 0 Å². The van der Waals surface area contributed by atoms with Crippen LogP contribution in [-0.2, 0) is 44.1 Å². The molecule has 1 aromatic carbocycles. The minimum atomic E-state index is -3.71. The van der Waals surface area contributed by atoms with E-state index in [0.717, 1.165) is 34.7 Å². The van der Waals surface area contributed by atoms with Crippen molar-refractivity contribution in [3.8, 4) is 0 Å². The Morgan fingerprint density at radius 2 is 1.88 bits per heavy atom. The zero-order chi connectivity index (χ0) is 11.5. The Hall–Kier alpha value is 0.763. The van der Waals surface area contributed by atoms with E-state index >= 15 is 0 Å². The summed E-state index contributed by atoms with van der Waals surface area (Å²) in [4.78, 5) is 22.9. The first kappa shape index (κ1) is 16.8. The van der Waals surface area contributed by atoms with Gasteiger partial charge in [0.1, 0.15) is 0 Å². The van der Waals surface area contributed by atoms with E-state index < -0.39 is 5.69 Å². The summed E-state index contributed by atoms with van der Waals surface area (Å²) in [5, 5.41) is 0. The van der Waals surface area contributed by atoms with Gasteiger partial charge >= 0.3 is 19.5 Å². The van der Waals surface area contributed by atoms with Crippen LogP contribution in [0.5, 0.6) is 0 Å². The molecule has 0 heterocycles. The largest absolute Gasteiger partial charge is 2.00 e. The van der Waals surface area contributed by atoms with Crippen LogP contribution >= 0.6 is 17.1 Å². The average Bonchev–Trinajstić information content (AvgIpc) is 2.15. The summed E-state index contributed by atoms with van der Waals surface area (Å²) >= 11 is 5.21. The fourth-order valence-electron chi connectivity index (χ4n) is 1.55. The first-order chi connectivity index (χ1) is 6.98. The fraction of sp³-hybridized carbons (Fsp3) is 0.400. The molecule has 0 fully saturated rings. The zero-order valence-electron chi connectivity index (χ0n) is 9.43. The van der Waals surface area contributed by atoms with Gasteiger partial charge in [0.15, 0.2) is 0 Å². The second kappa shape index (κ2) is 7.25. The normalized spacial score (nSPS) is 11.0. The SMILES string of the molecule is CCc1cccc(SP([O-])([O-])=S)c1CC.[Zn+2]. The quantitative estimate of drug-likeness (QED) is 0.626. The summed E-state index contributed by atoms with van der Waals surface area (Å²) in [6.45, 7) is 4.09. The Morgan fingerprint density at radius 3 is 2.31 bits per heavy atom. The Bertz CT molecular complexity index is 392. The molecule has 0 aliphatic rings. The van der Waals surface area contributed by atoms with Crippen LogP contribution < -0.4 is 9.79 Å². The number of hydrogen-bond acceptors (Lipinski definition) is 4. The smallest absolute Gasteiger partial charge is 0.824 e. The van der Waals surface area contributed by atoms with Crippen molar-refractivity contribution in [3.63, 3.8) is 0 Å². The number of benzene rings is 1. The molecule has 2 nitrogen and oxygen atoms in total. The van der Waals surface area contributed by atoms with Gasteiger partial charge in [0, 0.05) is 4.90 Å². The van der Waals surface area contributed by atoms with Gasteiger partial charge in [-0.2, -0.15) is 5.69 Å². The van der Waals surface area contributed by atoms with E-state index in [1.54, 1.807) is 0 Å². The van der Waals surface area contributed by atoms with Crippen LogP contribution in [0.2, 0.25) is 0 Å². The maximum Gasteiger partial charge on any atom is 2.00 e. The van der Waals surface area contributed by atoms with Crippen LogP contribution in [0.25, 0.3) is 0 Å². The summed E-state index contributed by atoms with van der Waals surface area (Å²) in [5.74, 6) is 0. The van der Waals surface area contributed by atoms with Gasteiger partial charge < -0.3 is 9.79 Å². The second-order valence-electron chi connectivity index (χ2n) is 3.14. The van der Waals surface area contributed by atoms with Crippen LogP contribution in [-0.4, -0.2) is 0 Å². The monoisotopic (exact) mass is 324 g/mol. The predicted molar refractivity (Wildman–Crippen MR) is 65.3 cm³/mol. The first-order valence-electron chi connectivity index (χ1n) is 4.80. The van der Waals surface area contributed by atoms with Gasteiger partial charge in [-0.1, -0.05) is 26.0 Å². The van der Waals surface area contributed by atoms with Gasteiger partial charge in [-0.15, -0.1) is 23.2 Å². The standard InChI is InChI=1S/C10H15O2PS2.Zn/c1-3-8-6-5-7-10(9(8)4-2)15-13(11,12)14;/h5-7H,3-4H2,1-2H3,(H2,11,12,14);/q;+2/p-2. The van der Waals surface area contributed by atoms with Crippen LogP contribution in [0.4, 0.5) is 0 Å². The van der Waals surface area contributed by atoms with Crippen LogP contribution in [0.3, 0.4) is 0 Å². The molecule has 0 aliphatic heterocycles. The van der Waals surface area contributed by atoms with Gasteiger partial charge in [0.05, 0.1) is 0 Å². The summed E-state index contributed by atoms with van der Waals surface area (Å²) in [5.41, 5.74) is -1.41. The molecule has 16 heavy (non-hydrogen) atoms. The Balaban J connectivity index is 0.00000225. The molecule has 0 aliphatic carbocycles. The van der Waals surface area contributed by atoms with Crippen molar-refractivity contribution < 1.29 is 29.3 Å². The molecule has 0 N–H and O–H groups in total. The Morgan fingerprint density at radius 1 is 1.25 bits per heavy atom. The molecule has 0 unspecified atom stereocenters. The van der Waals surface area contributed by atoms with Gasteiger partial charge in [0.2, 0.25) is 0 Å². The predicted octanol–water partition coefficient (Wildman–Crippen LogP) is 1.85. The number of rotatable bonds is 4. The Labute approximate surface area is 119 Å².